The van der Waals surface area contributed by atoms with Crippen LogP contribution in [0.4, 0.5) is 5.69 Å². The van der Waals surface area contributed by atoms with Crippen molar-refractivity contribution in [1.82, 2.24) is 10.9 Å². The SMILES string of the molecule is O=C(NNC(=S)Nc1ccc(Cl)cc1Cl)c1ccc(Cl)cc1. The van der Waals surface area contributed by atoms with Gasteiger partial charge in [0, 0.05) is 15.6 Å². The van der Waals surface area contributed by atoms with Gasteiger partial charge >= 0.3 is 0 Å². The fourth-order valence-electron chi connectivity index (χ4n) is 1.53. The third-order valence-electron chi connectivity index (χ3n) is 2.58. The number of carbonyl (C=O) groups excluding carboxylic acids is 1. The molecule has 0 bridgehead atoms. The number of rotatable bonds is 2. The topological polar surface area (TPSA) is 53.2 Å². The molecule has 0 unspecified atom stereocenters. The first-order valence-electron chi connectivity index (χ1n) is 6.03. The number of hydrogen-bond acceptors (Lipinski definition) is 2. The first-order chi connectivity index (χ1) is 10.5. The van der Waals surface area contributed by atoms with Crippen molar-refractivity contribution in [2.45, 2.75) is 0 Å². The molecule has 0 saturated heterocycles. The zero-order chi connectivity index (χ0) is 16.1. The summed E-state index contributed by atoms with van der Waals surface area (Å²) in [6.07, 6.45) is 0. The summed E-state index contributed by atoms with van der Waals surface area (Å²) in [5, 5.41) is 4.52. The number of anilines is 1. The van der Waals surface area contributed by atoms with E-state index in [-0.39, 0.29) is 11.0 Å². The van der Waals surface area contributed by atoms with E-state index in [1.165, 1.54) is 0 Å². The zero-order valence-electron chi connectivity index (χ0n) is 11.0. The van der Waals surface area contributed by atoms with Gasteiger partial charge in [-0.25, -0.2) is 0 Å². The summed E-state index contributed by atoms with van der Waals surface area (Å²) in [6.45, 7) is 0. The molecule has 114 valence electrons. The van der Waals surface area contributed by atoms with Crippen molar-refractivity contribution in [3.63, 3.8) is 0 Å². The minimum absolute atomic E-state index is 0.187. The van der Waals surface area contributed by atoms with E-state index in [0.717, 1.165) is 0 Å². The van der Waals surface area contributed by atoms with Gasteiger partial charge in [-0.1, -0.05) is 34.8 Å². The molecule has 0 aromatic heterocycles. The second-order valence-electron chi connectivity index (χ2n) is 4.16. The van der Waals surface area contributed by atoms with Crippen LogP contribution in [0.5, 0.6) is 0 Å². The van der Waals surface area contributed by atoms with Gasteiger partial charge in [0.15, 0.2) is 5.11 Å². The molecule has 8 heteroatoms. The maximum absolute atomic E-state index is 11.9. The number of halogens is 3. The molecular formula is C14H10Cl3N3OS. The van der Waals surface area contributed by atoms with E-state index < -0.39 is 0 Å². The van der Waals surface area contributed by atoms with E-state index in [0.29, 0.717) is 26.3 Å². The Morgan fingerprint density at radius 3 is 2.18 bits per heavy atom. The summed E-state index contributed by atoms with van der Waals surface area (Å²) in [4.78, 5) is 11.9. The lowest BCUT2D eigenvalue weighted by Gasteiger charge is -2.12. The normalized spacial score (nSPS) is 9.95. The van der Waals surface area contributed by atoms with E-state index in [9.17, 15) is 4.79 Å². The molecule has 0 saturated carbocycles. The van der Waals surface area contributed by atoms with Crippen LogP contribution in [-0.2, 0) is 0 Å². The second-order valence-corrected chi connectivity index (χ2v) is 5.85. The van der Waals surface area contributed by atoms with Crippen molar-refractivity contribution in [2.24, 2.45) is 0 Å². The van der Waals surface area contributed by atoms with Gasteiger partial charge in [-0.3, -0.25) is 15.6 Å². The van der Waals surface area contributed by atoms with Crippen molar-refractivity contribution >= 4 is 63.7 Å². The molecule has 0 fully saturated rings. The largest absolute Gasteiger partial charge is 0.330 e. The number of benzene rings is 2. The summed E-state index contributed by atoms with van der Waals surface area (Å²) in [5.41, 5.74) is 6.07. The van der Waals surface area contributed by atoms with E-state index in [2.05, 4.69) is 16.2 Å². The lowest BCUT2D eigenvalue weighted by atomic mass is 10.2. The van der Waals surface area contributed by atoms with E-state index in [4.69, 9.17) is 47.0 Å². The predicted octanol–water partition coefficient (Wildman–Crippen LogP) is 4.28. The monoisotopic (exact) mass is 373 g/mol. The highest BCUT2D eigenvalue weighted by Gasteiger charge is 2.07. The first kappa shape index (κ1) is 16.8. The van der Waals surface area contributed by atoms with Crippen LogP contribution < -0.4 is 16.2 Å². The number of hydrazine groups is 1. The van der Waals surface area contributed by atoms with Gasteiger partial charge in [0.05, 0.1) is 10.7 Å². The lowest BCUT2D eigenvalue weighted by Crippen LogP contribution is -2.43. The fourth-order valence-corrected chi connectivity index (χ4v) is 2.27. The van der Waals surface area contributed by atoms with Gasteiger partial charge in [-0.15, -0.1) is 0 Å². The molecule has 2 rings (SSSR count). The molecule has 22 heavy (non-hydrogen) atoms. The minimum Gasteiger partial charge on any atom is -0.330 e. The molecule has 0 spiro atoms. The Morgan fingerprint density at radius 1 is 0.909 bits per heavy atom. The van der Waals surface area contributed by atoms with Crippen molar-refractivity contribution in [2.75, 3.05) is 5.32 Å². The van der Waals surface area contributed by atoms with Crippen LogP contribution >= 0.6 is 47.0 Å². The molecule has 2 aromatic carbocycles. The smallest absolute Gasteiger partial charge is 0.269 e. The van der Waals surface area contributed by atoms with E-state index in [1.54, 1.807) is 42.5 Å². The van der Waals surface area contributed by atoms with Crippen molar-refractivity contribution in [3.8, 4) is 0 Å². The van der Waals surface area contributed by atoms with Crippen LogP contribution in [0.2, 0.25) is 15.1 Å². The molecular weight excluding hydrogens is 365 g/mol. The maximum atomic E-state index is 11.9. The Kier molecular flexibility index (Phi) is 5.85. The summed E-state index contributed by atoms with van der Waals surface area (Å²) >= 11 is 22.6. The highest BCUT2D eigenvalue weighted by atomic mass is 35.5. The third-order valence-corrected chi connectivity index (χ3v) is 3.58. The summed E-state index contributed by atoms with van der Waals surface area (Å²) in [6, 6.07) is 11.4. The Balaban J connectivity index is 1.89. The standard InChI is InChI=1S/C14H10Cl3N3OS/c15-9-3-1-8(2-4-9)13(21)19-20-14(22)18-12-6-5-10(16)7-11(12)17/h1-7H,(H,19,21)(H2,18,20,22). The van der Waals surface area contributed by atoms with Crippen LogP contribution in [0.1, 0.15) is 10.4 Å². The molecule has 0 aliphatic rings. The average Bonchev–Trinajstić information content (AvgIpc) is 2.48. The number of hydrogen-bond donors (Lipinski definition) is 3. The van der Waals surface area contributed by atoms with Crippen molar-refractivity contribution < 1.29 is 4.79 Å². The predicted molar refractivity (Wildman–Crippen MR) is 94.7 cm³/mol. The zero-order valence-corrected chi connectivity index (χ0v) is 14.1. The summed E-state index contributed by atoms with van der Waals surface area (Å²) in [7, 11) is 0. The van der Waals surface area contributed by atoms with Gasteiger partial charge in [0.25, 0.3) is 5.91 Å². The number of thiocarbonyl (C=S) groups is 1. The first-order valence-corrected chi connectivity index (χ1v) is 7.58. The minimum atomic E-state index is -0.344. The molecule has 0 radical (unpaired) electrons. The quantitative estimate of drug-likeness (QED) is 0.542. The average molecular weight is 375 g/mol. The highest BCUT2D eigenvalue weighted by molar-refractivity contribution is 7.80. The molecule has 0 heterocycles. The molecule has 0 aliphatic carbocycles. The Hall–Kier alpha value is -1.53. The van der Waals surface area contributed by atoms with Gasteiger partial charge in [-0.2, -0.15) is 0 Å². The molecule has 4 nitrogen and oxygen atoms in total. The summed E-state index contributed by atoms with van der Waals surface area (Å²) < 4.78 is 0. The van der Waals surface area contributed by atoms with E-state index in [1.807, 2.05) is 0 Å². The van der Waals surface area contributed by atoms with Gasteiger partial charge in [-0.05, 0) is 54.7 Å². The third kappa shape index (κ3) is 4.74. The Bertz CT molecular complexity index is 707. The van der Waals surface area contributed by atoms with Crippen molar-refractivity contribution in [1.29, 1.82) is 0 Å². The van der Waals surface area contributed by atoms with Crippen LogP contribution in [0.3, 0.4) is 0 Å². The Morgan fingerprint density at radius 2 is 1.55 bits per heavy atom. The number of carbonyl (C=O) groups is 1. The molecule has 1 amide bonds. The van der Waals surface area contributed by atoms with Gasteiger partial charge < -0.3 is 5.32 Å². The van der Waals surface area contributed by atoms with Crippen LogP contribution in [0.25, 0.3) is 0 Å². The van der Waals surface area contributed by atoms with Crippen LogP contribution in [0, 0.1) is 0 Å². The maximum Gasteiger partial charge on any atom is 0.269 e. The van der Waals surface area contributed by atoms with Gasteiger partial charge in [0.2, 0.25) is 0 Å². The highest BCUT2D eigenvalue weighted by Crippen LogP contribution is 2.25. The fraction of sp³-hybridized carbons (Fsp3) is 0. The Labute approximate surface area is 147 Å². The number of nitrogens with one attached hydrogen (secondary N) is 3. The van der Waals surface area contributed by atoms with E-state index >= 15 is 0 Å². The van der Waals surface area contributed by atoms with Crippen molar-refractivity contribution in [3.05, 3.63) is 63.1 Å². The molecule has 0 atom stereocenters. The van der Waals surface area contributed by atoms with Crippen LogP contribution in [0.15, 0.2) is 42.5 Å². The second kappa shape index (κ2) is 7.65. The molecule has 3 N–H and O–H groups in total. The molecule has 0 aliphatic heterocycles. The molecule has 2 aromatic rings. The summed E-state index contributed by atoms with van der Waals surface area (Å²) in [5.74, 6) is -0.344. The van der Waals surface area contributed by atoms with Crippen LogP contribution in [-0.4, -0.2) is 11.0 Å². The number of amides is 1. The lowest BCUT2D eigenvalue weighted by molar-refractivity contribution is 0.0944. The van der Waals surface area contributed by atoms with Gasteiger partial charge in [0.1, 0.15) is 0 Å².